The van der Waals surface area contributed by atoms with E-state index in [0.29, 0.717) is 38.5 Å². The van der Waals surface area contributed by atoms with Gasteiger partial charge in [-0.05, 0) is 38.5 Å². The number of rotatable bonds is 27. The fourth-order valence-corrected chi connectivity index (χ4v) is 5.04. The SMILES string of the molecule is CCCC(=O)C(S)CCOCCn1c(=O)n(CCOCCC(S)C(=O)CCC)c(=O)n(CCOCCC(S)C(=O)CCC)c1=O. The Kier molecular flexibility index (Phi) is 21.7. The maximum absolute atomic E-state index is 13.2. The van der Waals surface area contributed by atoms with Crippen molar-refractivity contribution in [3.05, 3.63) is 31.5 Å². The lowest BCUT2D eigenvalue weighted by molar-refractivity contribution is -0.119. The number of nitrogens with zero attached hydrogens (tertiary/aromatic N) is 3. The first kappa shape index (κ1) is 41.4. The van der Waals surface area contributed by atoms with Gasteiger partial charge in [-0.1, -0.05) is 20.8 Å². The molecule has 12 nitrogen and oxygen atoms in total. The number of hydrogen-bond acceptors (Lipinski definition) is 12. The second-order valence-corrected chi connectivity index (χ2v) is 12.6. The van der Waals surface area contributed by atoms with Crippen LogP contribution in [0.4, 0.5) is 0 Å². The zero-order chi connectivity index (χ0) is 33.8. The summed E-state index contributed by atoms with van der Waals surface area (Å²) in [6.07, 6.45) is 4.71. The van der Waals surface area contributed by atoms with E-state index in [4.69, 9.17) is 14.2 Å². The molecule has 0 saturated carbocycles. The fraction of sp³-hybridized carbons (Fsp3) is 0.800. The standard InChI is InChI=1S/C30H51N3O9S3/c1-4-7-22(34)25(43)10-16-40-19-13-31-28(37)32(14-20-41-17-11-26(44)23(35)8-5-2)30(39)33(29(31)38)15-21-42-18-12-27(45)24(36)9-6-3/h25-27,43-45H,4-21H2,1-3H3. The number of aromatic nitrogens is 3. The normalized spacial score (nSPS) is 13.5. The lowest BCUT2D eigenvalue weighted by atomic mass is 10.1. The van der Waals surface area contributed by atoms with Gasteiger partial charge in [-0.2, -0.15) is 37.9 Å². The molecule has 0 aliphatic rings. The average molecular weight is 694 g/mol. The van der Waals surface area contributed by atoms with E-state index in [1.165, 1.54) is 0 Å². The van der Waals surface area contributed by atoms with Crippen molar-refractivity contribution in [3.8, 4) is 0 Å². The number of ether oxygens (including phenoxy) is 3. The third-order valence-corrected chi connectivity index (χ3v) is 8.61. The minimum Gasteiger partial charge on any atom is -0.380 e. The number of thiol groups is 3. The fourth-order valence-electron chi connectivity index (χ4n) is 4.34. The summed E-state index contributed by atoms with van der Waals surface area (Å²) in [6, 6.07) is 0. The molecule has 45 heavy (non-hydrogen) atoms. The molecule has 0 aromatic carbocycles. The van der Waals surface area contributed by atoms with Crippen LogP contribution in [0.1, 0.15) is 78.6 Å². The molecule has 3 unspecified atom stereocenters. The van der Waals surface area contributed by atoms with Gasteiger partial charge in [0.15, 0.2) is 0 Å². The van der Waals surface area contributed by atoms with Crippen LogP contribution in [-0.4, -0.2) is 86.4 Å². The first-order valence-electron chi connectivity index (χ1n) is 15.8. The van der Waals surface area contributed by atoms with Crippen molar-refractivity contribution in [1.29, 1.82) is 0 Å². The molecule has 15 heteroatoms. The molecule has 258 valence electrons. The quantitative estimate of drug-likeness (QED) is 0.0935. The summed E-state index contributed by atoms with van der Waals surface area (Å²) >= 11 is 12.9. The third kappa shape index (κ3) is 15.2. The van der Waals surface area contributed by atoms with Crippen LogP contribution >= 0.6 is 37.9 Å². The Morgan fingerprint density at radius 3 is 0.978 bits per heavy atom. The van der Waals surface area contributed by atoms with Gasteiger partial charge in [0.05, 0.1) is 55.2 Å². The summed E-state index contributed by atoms with van der Waals surface area (Å²) in [5.41, 5.74) is -2.38. The lowest BCUT2D eigenvalue weighted by Crippen LogP contribution is -2.55. The maximum atomic E-state index is 13.2. The van der Waals surface area contributed by atoms with Gasteiger partial charge >= 0.3 is 17.1 Å². The molecule has 0 amide bonds. The van der Waals surface area contributed by atoms with Crippen LogP contribution in [0, 0.1) is 0 Å². The van der Waals surface area contributed by atoms with Crippen molar-refractivity contribution in [2.24, 2.45) is 0 Å². The Bertz CT molecular complexity index is 1050. The monoisotopic (exact) mass is 693 g/mol. The largest absolute Gasteiger partial charge is 0.380 e. The van der Waals surface area contributed by atoms with Crippen LogP contribution in [0.3, 0.4) is 0 Å². The summed E-state index contributed by atoms with van der Waals surface area (Å²) in [5.74, 6) is 0.111. The van der Waals surface area contributed by atoms with Crippen molar-refractivity contribution in [2.75, 3.05) is 39.6 Å². The molecule has 0 N–H and O–H groups in total. The molecule has 0 aliphatic heterocycles. The third-order valence-electron chi connectivity index (χ3n) is 6.97. The summed E-state index contributed by atoms with van der Waals surface area (Å²) in [7, 11) is 0. The van der Waals surface area contributed by atoms with Crippen LogP contribution in [0.25, 0.3) is 0 Å². The molecule has 0 aliphatic carbocycles. The highest BCUT2D eigenvalue weighted by Gasteiger charge is 2.18. The van der Waals surface area contributed by atoms with Crippen LogP contribution in [0.5, 0.6) is 0 Å². The number of carbonyl (C=O) groups is 3. The van der Waals surface area contributed by atoms with Crippen molar-refractivity contribution >= 4 is 55.2 Å². The minimum atomic E-state index is -0.794. The molecular formula is C30H51N3O9S3. The Labute approximate surface area is 281 Å². The molecule has 0 spiro atoms. The van der Waals surface area contributed by atoms with Gasteiger partial charge in [-0.15, -0.1) is 0 Å². The predicted octanol–water partition coefficient (Wildman–Crippen LogP) is 2.39. The molecule has 0 fully saturated rings. The Hall–Kier alpha value is -1.65. The summed E-state index contributed by atoms with van der Waals surface area (Å²) in [5, 5.41) is -1.34. The number of hydrogen-bond donors (Lipinski definition) is 3. The smallest absolute Gasteiger partial charge is 0.336 e. The van der Waals surface area contributed by atoms with Crippen molar-refractivity contribution in [1.82, 2.24) is 13.7 Å². The van der Waals surface area contributed by atoms with E-state index in [9.17, 15) is 28.8 Å². The highest BCUT2D eigenvalue weighted by atomic mass is 32.1. The van der Waals surface area contributed by atoms with E-state index < -0.39 is 32.8 Å². The topological polar surface area (TPSA) is 145 Å². The van der Waals surface area contributed by atoms with E-state index in [-0.39, 0.29) is 76.6 Å². The summed E-state index contributed by atoms with van der Waals surface area (Å²) < 4.78 is 19.6. The summed E-state index contributed by atoms with van der Waals surface area (Å²) in [6.45, 7) is 6.09. The van der Waals surface area contributed by atoms with E-state index in [1.54, 1.807) is 0 Å². The second-order valence-electron chi connectivity index (χ2n) is 10.7. The van der Waals surface area contributed by atoms with Crippen molar-refractivity contribution in [2.45, 2.75) is 114 Å². The average Bonchev–Trinajstić information content (AvgIpc) is 3.00. The lowest BCUT2D eigenvalue weighted by Gasteiger charge is -2.15. The van der Waals surface area contributed by atoms with Crippen LogP contribution < -0.4 is 17.1 Å². The first-order valence-corrected chi connectivity index (χ1v) is 17.3. The Morgan fingerprint density at radius 1 is 0.511 bits per heavy atom. The molecule has 3 atom stereocenters. The molecule has 0 bridgehead atoms. The Morgan fingerprint density at radius 2 is 0.756 bits per heavy atom. The van der Waals surface area contributed by atoms with Crippen LogP contribution in [-0.2, 0) is 48.2 Å². The van der Waals surface area contributed by atoms with Gasteiger partial charge in [-0.25, -0.2) is 28.1 Å². The second kappa shape index (κ2) is 23.6. The van der Waals surface area contributed by atoms with Crippen molar-refractivity contribution < 1.29 is 28.6 Å². The minimum absolute atomic E-state index is 0.00700. The van der Waals surface area contributed by atoms with E-state index in [1.807, 2.05) is 20.8 Å². The molecule has 1 rings (SSSR count). The van der Waals surface area contributed by atoms with Gasteiger partial charge in [0.1, 0.15) is 17.3 Å². The molecule has 1 aromatic rings. The van der Waals surface area contributed by atoms with Gasteiger partial charge in [0.25, 0.3) is 0 Å². The number of carbonyl (C=O) groups excluding carboxylic acids is 3. The van der Waals surface area contributed by atoms with Gasteiger partial charge in [0.2, 0.25) is 0 Å². The zero-order valence-corrected chi connectivity index (χ0v) is 29.5. The van der Waals surface area contributed by atoms with Gasteiger partial charge in [-0.3, -0.25) is 14.4 Å². The highest BCUT2D eigenvalue weighted by molar-refractivity contribution is 7.82. The van der Waals surface area contributed by atoms with E-state index >= 15 is 0 Å². The predicted molar refractivity (Wildman–Crippen MR) is 184 cm³/mol. The highest BCUT2D eigenvalue weighted by Crippen LogP contribution is 2.09. The summed E-state index contributed by atoms with van der Waals surface area (Å²) in [4.78, 5) is 75.5. The Balaban J connectivity index is 2.93. The number of Topliss-reactive ketones (excluding diaryl/α,β-unsaturated/α-hetero) is 3. The first-order chi connectivity index (χ1) is 21.5. The molecule has 1 heterocycles. The zero-order valence-electron chi connectivity index (χ0n) is 26.8. The van der Waals surface area contributed by atoms with Gasteiger partial charge < -0.3 is 14.2 Å². The molecule has 0 radical (unpaired) electrons. The molecule has 0 saturated heterocycles. The van der Waals surface area contributed by atoms with Gasteiger partial charge in [0, 0.05) is 39.1 Å². The molecule has 1 aromatic heterocycles. The van der Waals surface area contributed by atoms with Crippen molar-refractivity contribution in [3.63, 3.8) is 0 Å². The van der Waals surface area contributed by atoms with Crippen LogP contribution in [0.2, 0.25) is 0 Å². The number of ketones is 3. The van der Waals surface area contributed by atoms with E-state index in [2.05, 4.69) is 37.9 Å². The van der Waals surface area contributed by atoms with Crippen LogP contribution in [0.15, 0.2) is 14.4 Å². The maximum Gasteiger partial charge on any atom is 0.336 e. The molecular weight excluding hydrogens is 643 g/mol. The van der Waals surface area contributed by atoms with E-state index in [0.717, 1.165) is 33.0 Å².